The van der Waals surface area contributed by atoms with Crippen LogP contribution in [0, 0.1) is 5.92 Å². The Morgan fingerprint density at radius 3 is 2.85 bits per heavy atom. The molecular weight excluding hydrogens is 326 g/mol. The van der Waals surface area contributed by atoms with Crippen LogP contribution >= 0.6 is 0 Å². The molecule has 6 heteroatoms. The van der Waals surface area contributed by atoms with Crippen molar-refractivity contribution in [3.63, 3.8) is 0 Å². The number of nitrogens with zero attached hydrogens (tertiary/aromatic N) is 2. The molecule has 0 atom stereocenters. The van der Waals surface area contributed by atoms with Gasteiger partial charge in [-0.15, -0.1) is 0 Å². The topological polar surface area (TPSA) is 73.0 Å². The second-order valence-corrected chi connectivity index (χ2v) is 7.37. The molecule has 0 aliphatic carbocycles. The van der Waals surface area contributed by atoms with Crippen LogP contribution in [0.4, 0.5) is 0 Å². The van der Waals surface area contributed by atoms with Gasteiger partial charge in [-0.05, 0) is 37.4 Å². The fourth-order valence-electron chi connectivity index (χ4n) is 3.92. The zero-order valence-electron chi connectivity index (χ0n) is 15.1. The highest BCUT2D eigenvalue weighted by Crippen LogP contribution is 2.19. The molecule has 3 heterocycles. The number of fused-ring (bicyclic) bond motifs is 1. The van der Waals surface area contributed by atoms with Crippen LogP contribution in [-0.2, 0) is 19.5 Å². The third-order valence-corrected chi connectivity index (χ3v) is 5.53. The molecule has 0 bridgehead atoms. The zero-order valence-corrected chi connectivity index (χ0v) is 15.1. The van der Waals surface area contributed by atoms with Crippen LogP contribution in [0.3, 0.4) is 0 Å². The van der Waals surface area contributed by atoms with Crippen molar-refractivity contribution in [1.82, 2.24) is 25.7 Å². The van der Waals surface area contributed by atoms with Gasteiger partial charge in [0.15, 0.2) is 5.69 Å². The van der Waals surface area contributed by atoms with Crippen molar-refractivity contribution in [3.8, 4) is 0 Å². The summed E-state index contributed by atoms with van der Waals surface area (Å²) in [6.07, 6.45) is 3.18. The molecule has 0 unspecified atom stereocenters. The number of aromatic amines is 1. The van der Waals surface area contributed by atoms with E-state index in [1.54, 1.807) is 0 Å². The number of piperidine rings is 1. The second kappa shape index (κ2) is 8.01. The van der Waals surface area contributed by atoms with Gasteiger partial charge in [0.05, 0.1) is 0 Å². The predicted molar refractivity (Wildman–Crippen MR) is 101 cm³/mol. The monoisotopic (exact) mass is 353 g/mol. The molecule has 0 radical (unpaired) electrons. The Hall–Kier alpha value is -2.18. The van der Waals surface area contributed by atoms with Crippen LogP contribution in [0.1, 0.15) is 40.2 Å². The maximum absolute atomic E-state index is 12.5. The summed E-state index contributed by atoms with van der Waals surface area (Å²) >= 11 is 0. The maximum atomic E-state index is 12.5. The lowest BCUT2D eigenvalue weighted by atomic mass is 9.96. The highest BCUT2D eigenvalue weighted by Gasteiger charge is 2.23. The van der Waals surface area contributed by atoms with Crippen LogP contribution in [0.15, 0.2) is 30.3 Å². The van der Waals surface area contributed by atoms with Crippen LogP contribution < -0.4 is 10.6 Å². The Labute approximate surface area is 154 Å². The van der Waals surface area contributed by atoms with Gasteiger partial charge in [0, 0.05) is 43.9 Å². The minimum absolute atomic E-state index is 0.0436. The number of H-pyrrole nitrogens is 1. The van der Waals surface area contributed by atoms with Crippen molar-refractivity contribution in [1.29, 1.82) is 0 Å². The molecule has 1 saturated heterocycles. The Balaban J connectivity index is 1.23. The van der Waals surface area contributed by atoms with E-state index >= 15 is 0 Å². The molecule has 3 N–H and O–H groups in total. The first-order valence-corrected chi connectivity index (χ1v) is 9.61. The van der Waals surface area contributed by atoms with Crippen LogP contribution in [0.25, 0.3) is 0 Å². The van der Waals surface area contributed by atoms with E-state index in [4.69, 9.17) is 0 Å². The summed E-state index contributed by atoms with van der Waals surface area (Å²) in [6.45, 7) is 5.62. The molecule has 1 aromatic carbocycles. The largest absolute Gasteiger partial charge is 0.350 e. The summed E-state index contributed by atoms with van der Waals surface area (Å²) in [4.78, 5) is 15.0. The summed E-state index contributed by atoms with van der Waals surface area (Å²) in [5.74, 6) is 0.511. The van der Waals surface area contributed by atoms with E-state index in [1.165, 1.54) is 5.56 Å². The smallest absolute Gasteiger partial charge is 0.272 e. The summed E-state index contributed by atoms with van der Waals surface area (Å²) < 4.78 is 0. The average Bonchev–Trinajstić information content (AvgIpc) is 3.12. The van der Waals surface area contributed by atoms with Crippen molar-refractivity contribution < 1.29 is 4.79 Å². The van der Waals surface area contributed by atoms with E-state index in [0.717, 1.165) is 69.8 Å². The maximum Gasteiger partial charge on any atom is 0.272 e. The lowest BCUT2D eigenvalue weighted by molar-refractivity contribution is 0.0929. The highest BCUT2D eigenvalue weighted by atomic mass is 16.1. The zero-order chi connectivity index (χ0) is 17.8. The normalized spacial score (nSPS) is 18.5. The number of aromatic nitrogens is 2. The lowest BCUT2D eigenvalue weighted by Crippen LogP contribution is -2.38. The van der Waals surface area contributed by atoms with Crippen molar-refractivity contribution in [2.45, 2.75) is 32.4 Å². The van der Waals surface area contributed by atoms with Crippen LogP contribution in [-0.4, -0.2) is 47.2 Å². The molecule has 138 valence electrons. The van der Waals surface area contributed by atoms with Crippen molar-refractivity contribution in [2.75, 3.05) is 26.2 Å². The molecule has 0 saturated carbocycles. The third kappa shape index (κ3) is 3.97. The van der Waals surface area contributed by atoms with Crippen LogP contribution in [0.5, 0.6) is 0 Å². The van der Waals surface area contributed by atoms with Gasteiger partial charge in [-0.1, -0.05) is 30.3 Å². The highest BCUT2D eigenvalue weighted by molar-refractivity contribution is 5.94. The minimum Gasteiger partial charge on any atom is -0.350 e. The number of benzene rings is 1. The molecule has 1 amide bonds. The molecule has 2 aliphatic rings. The Kier molecular flexibility index (Phi) is 5.32. The first-order valence-electron chi connectivity index (χ1n) is 9.61. The van der Waals surface area contributed by atoms with E-state index in [9.17, 15) is 4.79 Å². The van der Waals surface area contributed by atoms with Gasteiger partial charge < -0.3 is 10.6 Å². The summed E-state index contributed by atoms with van der Waals surface area (Å²) in [5, 5.41) is 13.7. The van der Waals surface area contributed by atoms with E-state index < -0.39 is 0 Å². The number of carbonyl (C=O) groups excluding carboxylic acids is 1. The number of hydrogen-bond acceptors (Lipinski definition) is 4. The number of amides is 1. The SMILES string of the molecule is O=C(NCC1CCN(Cc2ccccc2)CC1)c1n[nH]c2c1CNCC2. The van der Waals surface area contributed by atoms with E-state index in [1.807, 2.05) is 0 Å². The van der Waals surface area contributed by atoms with Gasteiger partial charge in [-0.3, -0.25) is 14.8 Å². The van der Waals surface area contributed by atoms with Gasteiger partial charge in [0.1, 0.15) is 0 Å². The second-order valence-electron chi connectivity index (χ2n) is 7.37. The Bertz CT molecular complexity index is 734. The van der Waals surface area contributed by atoms with Crippen molar-refractivity contribution >= 4 is 5.91 Å². The molecule has 0 spiro atoms. The quantitative estimate of drug-likeness (QED) is 0.765. The summed E-state index contributed by atoms with van der Waals surface area (Å²) in [6, 6.07) is 10.6. The Morgan fingerprint density at radius 2 is 2.04 bits per heavy atom. The first-order chi connectivity index (χ1) is 12.8. The molecule has 2 aromatic rings. The Morgan fingerprint density at radius 1 is 1.23 bits per heavy atom. The van der Waals surface area contributed by atoms with E-state index in [-0.39, 0.29) is 5.91 Å². The van der Waals surface area contributed by atoms with E-state index in [0.29, 0.717) is 11.6 Å². The number of rotatable bonds is 5. The van der Waals surface area contributed by atoms with Gasteiger partial charge in [0.25, 0.3) is 5.91 Å². The molecule has 1 fully saturated rings. The van der Waals surface area contributed by atoms with Crippen molar-refractivity contribution in [2.24, 2.45) is 5.92 Å². The van der Waals surface area contributed by atoms with Gasteiger partial charge in [-0.25, -0.2) is 0 Å². The summed E-state index contributed by atoms with van der Waals surface area (Å²) in [5.41, 5.74) is 4.07. The number of carbonyl (C=O) groups is 1. The fourth-order valence-corrected chi connectivity index (χ4v) is 3.92. The molecule has 6 nitrogen and oxygen atoms in total. The lowest BCUT2D eigenvalue weighted by Gasteiger charge is -2.32. The standard InChI is InChI=1S/C20H27N5O/c26-20(19-17-13-21-9-6-18(17)23-24-19)22-12-15-7-10-25(11-8-15)14-16-4-2-1-3-5-16/h1-5,15,21H,6-14H2,(H,22,26)(H,23,24). The number of likely N-dealkylation sites (tertiary alicyclic amines) is 1. The van der Waals surface area contributed by atoms with Crippen LogP contribution in [0.2, 0.25) is 0 Å². The van der Waals surface area contributed by atoms with Gasteiger partial charge >= 0.3 is 0 Å². The van der Waals surface area contributed by atoms with Gasteiger partial charge in [-0.2, -0.15) is 5.10 Å². The van der Waals surface area contributed by atoms with E-state index in [2.05, 4.69) is 56.1 Å². The predicted octanol–water partition coefficient (Wildman–Crippen LogP) is 1.70. The molecule has 1 aromatic heterocycles. The molecule has 2 aliphatic heterocycles. The average molecular weight is 353 g/mol. The molecular formula is C20H27N5O. The van der Waals surface area contributed by atoms with Crippen molar-refractivity contribution in [3.05, 3.63) is 52.8 Å². The molecule has 26 heavy (non-hydrogen) atoms. The summed E-state index contributed by atoms with van der Waals surface area (Å²) in [7, 11) is 0. The number of hydrogen-bond donors (Lipinski definition) is 3. The molecule has 4 rings (SSSR count). The fraction of sp³-hybridized carbons (Fsp3) is 0.500. The third-order valence-electron chi connectivity index (χ3n) is 5.53. The van der Waals surface area contributed by atoms with Gasteiger partial charge in [0.2, 0.25) is 0 Å². The minimum atomic E-state index is -0.0436. The number of nitrogens with one attached hydrogen (secondary N) is 3. The first kappa shape index (κ1) is 17.2.